The maximum absolute atomic E-state index is 13.3. The predicted octanol–water partition coefficient (Wildman–Crippen LogP) is 3.02. The first-order valence-corrected chi connectivity index (χ1v) is 8.85. The molecule has 0 spiro atoms. The van der Waals surface area contributed by atoms with Gasteiger partial charge >= 0.3 is 6.18 Å². The van der Waals surface area contributed by atoms with Crippen molar-refractivity contribution in [3.63, 3.8) is 0 Å². The molecule has 1 fully saturated rings. The second-order valence-corrected chi connectivity index (χ2v) is 6.78. The van der Waals surface area contributed by atoms with Crippen LogP contribution in [0.15, 0.2) is 30.5 Å². The van der Waals surface area contributed by atoms with Crippen LogP contribution in [0.25, 0.3) is 0 Å². The van der Waals surface area contributed by atoms with Gasteiger partial charge in [-0.25, -0.2) is 4.98 Å². The molecule has 0 aliphatic heterocycles. The summed E-state index contributed by atoms with van der Waals surface area (Å²) < 4.78 is 40.0. The fourth-order valence-electron chi connectivity index (χ4n) is 3.06. The topological polar surface area (TPSA) is 119 Å². The number of nitrogens with zero attached hydrogens (tertiary/aromatic N) is 2. The van der Waals surface area contributed by atoms with Crippen LogP contribution in [-0.4, -0.2) is 28.0 Å². The third-order valence-corrected chi connectivity index (χ3v) is 4.63. The van der Waals surface area contributed by atoms with Crippen molar-refractivity contribution in [2.45, 2.75) is 43.9 Å². The fourth-order valence-corrected chi connectivity index (χ4v) is 3.06. The molecular weight excluding hydrogens is 373 g/mol. The maximum Gasteiger partial charge on any atom is 0.421 e. The maximum atomic E-state index is 13.3. The lowest BCUT2D eigenvalue weighted by atomic mass is 9.92. The highest BCUT2D eigenvalue weighted by Gasteiger charge is 2.36. The molecule has 1 aliphatic carbocycles. The van der Waals surface area contributed by atoms with E-state index in [4.69, 9.17) is 11.5 Å². The Hall–Kier alpha value is -2.88. The van der Waals surface area contributed by atoms with Gasteiger partial charge in [0.1, 0.15) is 11.4 Å². The molecule has 28 heavy (non-hydrogen) atoms. The summed E-state index contributed by atoms with van der Waals surface area (Å²) in [4.78, 5) is 18.9. The highest BCUT2D eigenvalue weighted by atomic mass is 19.4. The Morgan fingerprint density at radius 1 is 1.11 bits per heavy atom. The summed E-state index contributed by atoms with van der Waals surface area (Å²) >= 11 is 0. The number of benzene rings is 1. The minimum atomic E-state index is -4.57. The molecule has 1 heterocycles. The molecule has 150 valence electrons. The van der Waals surface area contributed by atoms with Gasteiger partial charge in [0, 0.05) is 29.5 Å². The molecule has 6 N–H and O–H groups in total. The fraction of sp³-hybridized carbons (Fsp3) is 0.389. The number of nitrogens with one attached hydrogen (secondary N) is 2. The second-order valence-electron chi connectivity index (χ2n) is 6.78. The summed E-state index contributed by atoms with van der Waals surface area (Å²) in [6.45, 7) is 0. The van der Waals surface area contributed by atoms with E-state index in [0.717, 1.165) is 19.0 Å². The average Bonchev–Trinajstić information content (AvgIpc) is 2.63. The highest BCUT2D eigenvalue weighted by Crippen LogP contribution is 2.35. The van der Waals surface area contributed by atoms with Gasteiger partial charge < -0.3 is 22.1 Å². The lowest BCUT2D eigenvalue weighted by molar-refractivity contribution is -0.137. The number of carbonyl (C=O) groups is 1. The number of alkyl halides is 3. The molecule has 7 nitrogen and oxygen atoms in total. The first-order valence-electron chi connectivity index (χ1n) is 8.85. The van der Waals surface area contributed by atoms with Crippen molar-refractivity contribution in [2.75, 3.05) is 10.6 Å². The van der Waals surface area contributed by atoms with E-state index in [9.17, 15) is 18.0 Å². The number of carbonyl (C=O) groups excluding carboxylic acids is 1. The normalized spacial score (nSPS) is 19.9. The second kappa shape index (κ2) is 8.01. The summed E-state index contributed by atoms with van der Waals surface area (Å²) in [5.74, 6) is -0.829. The molecule has 1 amide bonds. The zero-order chi connectivity index (χ0) is 20.3. The average molecular weight is 394 g/mol. The molecule has 10 heteroatoms. The van der Waals surface area contributed by atoms with E-state index in [1.165, 1.54) is 12.1 Å². The number of primary amides is 1. The van der Waals surface area contributed by atoms with Crippen LogP contribution in [0.2, 0.25) is 0 Å². The Labute approximate surface area is 159 Å². The SMILES string of the molecule is NC(=O)c1ccc(Nc2ncc(C(F)(F)F)c(N[C@H]3CC[C@H](N)CC3)n2)cc1. The van der Waals surface area contributed by atoms with Crippen LogP contribution in [0.3, 0.4) is 0 Å². The molecule has 0 unspecified atom stereocenters. The lowest BCUT2D eigenvalue weighted by Crippen LogP contribution is -2.33. The number of aromatic nitrogens is 2. The molecule has 0 saturated heterocycles. The van der Waals surface area contributed by atoms with E-state index in [2.05, 4.69) is 20.6 Å². The van der Waals surface area contributed by atoms with Crippen LogP contribution < -0.4 is 22.1 Å². The van der Waals surface area contributed by atoms with Crippen LogP contribution in [0.1, 0.15) is 41.6 Å². The van der Waals surface area contributed by atoms with Crippen LogP contribution >= 0.6 is 0 Å². The molecule has 1 aromatic heterocycles. The third-order valence-electron chi connectivity index (χ3n) is 4.63. The van der Waals surface area contributed by atoms with Crippen molar-refractivity contribution in [3.8, 4) is 0 Å². The van der Waals surface area contributed by atoms with E-state index in [-0.39, 0.29) is 23.8 Å². The van der Waals surface area contributed by atoms with Gasteiger partial charge in [-0.3, -0.25) is 4.79 Å². The molecule has 1 saturated carbocycles. The van der Waals surface area contributed by atoms with Gasteiger partial charge in [0.2, 0.25) is 11.9 Å². The smallest absolute Gasteiger partial charge is 0.367 e. The van der Waals surface area contributed by atoms with Crippen molar-refractivity contribution in [3.05, 3.63) is 41.6 Å². The standard InChI is InChI=1S/C18H21F3N6O/c19-18(20,21)14-9-24-17(26-13-5-1-10(2-6-13)15(23)28)27-16(14)25-12-7-3-11(22)4-8-12/h1-2,5-6,9,11-12H,3-4,7-8,22H2,(H2,23,28)(H2,24,25,26,27)/t11-,12-. The number of hydrogen-bond donors (Lipinski definition) is 4. The number of anilines is 3. The van der Waals surface area contributed by atoms with E-state index in [1.807, 2.05) is 0 Å². The quantitative estimate of drug-likeness (QED) is 0.619. The van der Waals surface area contributed by atoms with Gasteiger partial charge in [0.05, 0.1) is 0 Å². The van der Waals surface area contributed by atoms with Crippen molar-refractivity contribution >= 4 is 23.4 Å². The van der Waals surface area contributed by atoms with Crippen LogP contribution in [0, 0.1) is 0 Å². The molecule has 3 rings (SSSR count). The largest absolute Gasteiger partial charge is 0.421 e. The van der Waals surface area contributed by atoms with Crippen LogP contribution in [0.5, 0.6) is 0 Å². The monoisotopic (exact) mass is 394 g/mol. The Balaban J connectivity index is 1.81. The highest BCUT2D eigenvalue weighted by molar-refractivity contribution is 5.93. The minimum Gasteiger partial charge on any atom is -0.367 e. The number of amides is 1. The summed E-state index contributed by atoms with van der Waals surface area (Å²) in [5.41, 5.74) is 11.0. The van der Waals surface area contributed by atoms with Crippen molar-refractivity contribution < 1.29 is 18.0 Å². The Kier molecular flexibility index (Phi) is 5.68. The number of nitrogens with two attached hydrogens (primary N) is 2. The first kappa shape index (κ1) is 19.9. The molecule has 0 radical (unpaired) electrons. The first-order chi connectivity index (χ1) is 13.2. The van der Waals surface area contributed by atoms with E-state index < -0.39 is 17.6 Å². The van der Waals surface area contributed by atoms with E-state index in [0.29, 0.717) is 24.1 Å². The minimum absolute atomic E-state index is 0.00911. The Bertz CT molecular complexity index is 832. The van der Waals surface area contributed by atoms with Crippen LogP contribution in [0.4, 0.5) is 30.6 Å². The molecule has 0 bridgehead atoms. The van der Waals surface area contributed by atoms with Gasteiger partial charge in [0.25, 0.3) is 0 Å². The molecule has 1 aromatic carbocycles. The molecular formula is C18H21F3N6O. The van der Waals surface area contributed by atoms with Gasteiger partial charge in [0.15, 0.2) is 0 Å². The zero-order valence-corrected chi connectivity index (χ0v) is 15.0. The van der Waals surface area contributed by atoms with Gasteiger partial charge in [-0.1, -0.05) is 0 Å². The number of rotatable bonds is 5. The van der Waals surface area contributed by atoms with Crippen molar-refractivity contribution in [2.24, 2.45) is 11.5 Å². The van der Waals surface area contributed by atoms with Gasteiger partial charge in [-0.2, -0.15) is 18.2 Å². The van der Waals surface area contributed by atoms with Crippen LogP contribution in [-0.2, 0) is 6.18 Å². The van der Waals surface area contributed by atoms with E-state index >= 15 is 0 Å². The summed E-state index contributed by atoms with van der Waals surface area (Å²) in [6, 6.07) is 6.09. The van der Waals surface area contributed by atoms with Crippen molar-refractivity contribution in [1.29, 1.82) is 0 Å². The van der Waals surface area contributed by atoms with E-state index in [1.54, 1.807) is 12.1 Å². The Morgan fingerprint density at radius 2 is 1.75 bits per heavy atom. The molecule has 0 atom stereocenters. The summed E-state index contributed by atoms with van der Waals surface area (Å²) in [5, 5.41) is 5.73. The van der Waals surface area contributed by atoms with Gasteiger partial charge in [-0.05, 0) is 49.9 Å². The Morgan fingerprint density at radius 3 is 2.32 bits per heavy atom. The molecule has 2 aromatic rings. The molecule has 1 aliphatic rings. The lowest BCUT2D eigenvalue weighted by Gasteiger charge is -2.28. The number of halogens is 3. The summed E-state index contributed by atoms with van der Waals surface area (Å²) in [6.07, 6.45) is -0.957. The van der Waals surface area contributed by atoms with Gasteiger partial charge in [-0.15, -0.1) is 0 Å². The third kappa shape index (κ3) is 4.89. The predicted molar refractivity (Wildman–Crippen MR) is 99.1 cm³/mol. The number of hydrogen-bond acceptors (Lipinski definition) is 6. The van der Waals surface area contributed by atoms with Crippen molar-refractivity contribution in [1.82, 2.24) is 9.97 Å². The zero-order valence-electron chi connectivity index (χ0n) is 15.0. The summed E-state index contributed by atoms with van der Waals surface area (Å²) in [7, 11) is 0.